The van der Waals surface area contributed by atoms with Crippen LogP contribution in [0, 0.1) is 5.92 Å². The predicted molar refractivity (Wildman–Crippen MR) is 110 cm³/mol. The standard InChI is InChI=1S/C23H30N2O2/c1-15(2)14-19-6-8-20(9-7-19)16(3)24-17(4)23(27)25-22-12-10-21(11-13-22)18(5)26/h6-13,15-17,24H,14H2,1-5H3,(H,25,27)/p+1/t16-,17+/m0/s1. The van der Waals surface area contributed by atoms with Gasteiger partial charge in [0.2, 0.25) is 0 Å². The van der Waals surface area contributed by atoms with E-state index in [9.17, 15) is 9.59 Å². The summed E-state index contributed by atoms with van der Waals surface area (Å²) in [5, 5.41) is 4.98. The molecule has 27 heavy (non-hydrogen) atoms. The lowest BCUT2D eigenvalue weighted by molar-refractivity contribution is -0.709. The summed E-state index contributed by atoms with van der Waals surface area (Å²) in [5.41, 5.74) is 3.91. The molecule has 0 unspecified atom stereocenters. The molecule has 0 aromatic heterocycles. The van der Waals surface area contributed by atoms with Gasteiger partial charge >= 0.3 is 0 Å². The zero-order valence-electron chi connectivity index (χ0n) is 17.0. The van der Waals surface area contributed by atoms with Gasteiger partial charge in [0, 0.05) is 16.8 Å². The molecule has 2 rings (SSSR count). The summed E-state index contributed by atoms with van der Waals surface area (Å²) in [7, 11) is 0. The first-order valence-corrected chi connectivity index (χ1v) is 9.62. The van der Waals surface area contributed by atoms with Crippen LogP contribution in [-0.4, -0.2) is 17.7 Å². The molecule has 0 radical (unpaired) electrons. The van der Waals surface area contributed by atoms with Crippen LogP contribution in [0.3, 0.4) is 0 Å². The number of carbonyl (C=O) groups excluding carboxylic acids is 2. The zero-order valence-corrected chi connectivity index (χ0v) is 17.0. The fourth-order valence-electron chi connectivity index (χ4n) is 3.10. The monoisotopic (exact) mass is 367 g/mol. The number of Topliss-reactive ketones (excluding diaryl/α,β-unsaturated/α-hetero) is 1. The molecule has 0 aliphatic heterocycles. The van der Waals surface area contributed by atoms with Gasteiger partial charge in [-0.15, -0.1) is 0 Å². The number of nitrogens with one attached hydrogen (secondary N) is 1. The van der Waals surface area contributed by atoms with Crippen LogP contribution in [0.1, 0.15) is 62.1 Å². The van der Waals surface area contributed by atoms with Crippen molar-refractivity contribution in [2.45, 2.75) is 53.1 Å². The van der Waals surface area contributed by atoms with Crippen LogP contribution < -0.4 is 10.6 Å². The van der Waals surface area contributed by atoms with Crippen molar-refractivity contribution in [2.24, 2.45) is 5.92 Å². The maximum absolute atomic E-state index is 12.5. The second-order valence-electron chi connectivity index (χ2n) is 7.73. The Kier molecular flexibility index (Phi) is 7.31. The Morgan fingerprint density at radius 3 is 2.04 bits per heavy atom. The SMILES string of the molecule is CC(=O)c1ccc(NC(=O)[C@@H](C)[NH2+][C@@H](C)c2ccc(CC(C)C)cc2)cc1. The number of carbonyl (C=O) groups is 2. The normalized spacial score (nSPS) is 13.3. The van der Waals surface area contributed by atoms with Gasteiger partial charge in [-0.25, -0.2) is 0 Å². The largest absolute Gasteiger partial charge is 0.330 e. The molecule has 4 nitrogen and oxygen atoms in total. The van der Waals surface area contributed by atoms with Crippen LogP contribution in [0.5, 0.6) is 0 Å². The molecule has 2 aromatic rings. The van der Waals surface area contributed by atoms with Gasteiger partial charge in [0.25, 0.3) is 5.91 Å². The van der Waals surface area contributed by atoms with E-state index in [-0.39, 0.29) is 23.8 Å². The van der Waals surface area contributed by atoms with E-state index >= 15 is 0 Å². The summed E-state index contributed by atoms with van der Waals surface area (Å²) in [5.74, 6) is 0.615. The lowest BCUT2D eigenvalue weighted by Crippen LogP contribution is -2.91. The minimum absolute atomic E-state index is 0.0165. The average molecular weight is 368 g/mol. The molecule has 0 aliphatic rings. The highest BCUT2D eigenvalue weighted by atomic mass is 16.2. The Labute approximate surface area is 162 Å². The Morgan fingerprint density at radius 1 is 0.926 bits per heavy atom. The number of hydrogen-bond acceptors (Lipinski definition) is 2. The molecule has 2 atom stereocenters. The number of benzene rings is 2. The second kappa shape index (κ2) is 9.47. The number of hydrogen-bond donors (Lipinski definition) is 2. The quantitative estimate of drug-likeness (QED) is 0.698. The van der Waals surface area contributed by atoms with Crippen molar-refractivity contribution < 1.29 is 14.9 Å². The van der Waals surface area contributed by atoms with E-state index in [0.29, 0.717) is 17.2 Å². The van der Waals surface area contributed by atoms with Crippen LogP contribution in [-0.2, 0) is 11.2 Å². The Hall–Kier alpha value is -2.46. The van der Waals surface area contributed by atoms with Crippen LogP contribution in [0.4, 0.5) is 5.69 Å². The van der Waals surface area contributed by atoms with Gasteiger partial charge in [-0.1, -0.05) is 38.1 Å². The predicted octanol–water partition coefficient (Wildman–Crippen LogP) is 3.74. The number of rotatable bonds is 8. The van der Waals surface area contributed by atoms with Gasteiger partial charge in [0.05, 0.1) is 0 Å². The highest BCUT2D eigenvalue weighted by Crippen LogP contribution is 2.14. The van der Waals surface area contributed by atoms with E-state index in [0.717, 1.165) is 6.42 Å². The molecular formula is C23H31N2O2+. The first-order valence-electron chi connectivity index (χ1n) is 9.62. The van der Waals surface area contributed by atoms with Crippen molar-refractivity contribution in [1.82, 2.24) is 0 Å². The minimum Gasteiger partial charge on any atom is -0.330 e. The van der Waals surface area contributed by atoms with E-state index in [1.165, 1.54) is 18.1 Å². The molecule has 144 valence electrons. The van der Waals surface area contributed by atoms with E-state index in [4.69, 9.17) is 0 Å². The van der Waals surface area contributed by atoms with Gasteiger partial charge in [-0.3, -0.25) is 9.59 Å². The molecule has 2 aromatic carbocycles. The fourth-order valence-corrected chi connectivity index (χ4v) is 3.10. The van der Waals surface area contributed by atoms with Crippen LogP contribution in [0.15, 0.2) is 48.5 Å². The Morgan fingerprint density at radius 2 is 1.52 bits per heavy atom. The van der Waals surface area contributed by atoms with Gasteiger partial charge in [0.15, 0.2) is 11.8 Å². The molecule has 0 saturated heterocycles. The van der Waals surface area contributed by atoms with Crippen molar-refractivity contribution in [3.8, 4) is 0 Å². The molecule has 0 spiro atoms. The van der Waals surface area contributed by atoms with Crippen molar-refractivity contribution in [2.75, 3.05) is 5.32 Å². The third kappa shape index (κ3) is 6.33. The number of amides is 1. The maximum Gasteiger partial charge on any atom is 0.282 e. The highest BCUT2D eigenvalue weighted by Gasteiger charge is 2.20. The average Bonchev–Trinajstić information content (AvgIpc) is 2.62. The summed E-state index contributed by atoms with van der Waals surface area (Å²) in [6, 6.07) is 15.6. The zero-order chi connectivity index (χ0) is 20.0. The first-order chi connectivity index (χ1) is 12.8. The van der Waals surface area contributed by atoms with Crippen molar-refractivity contribution in [1.29, 1.82) is 0 Å². The highest BCUT2D eigenvalue weighted by molar-refractivity contribution is 5.96. The summed E-state index contributed by atoms with van der Waals surface area (Å²) in [4.78, 5) is 23.8. The number of ketones is 1. The van der Waals surface area contributed by atoms with Gasteiger partial charge in [-0.05, 0) is 62.9 Å². The molecule has 0 bridgehead atoms. The van der Waals surface area contributed by atoms with E-state index < -0.39 is 0 Å². The third-order valence-electron chi connectivity index (χ3n) is 4.70. The van der Waals surface area contributed by atoms with Gasteiger partial charge in [0.1, 0.15) is 6.04 Å². The lowest BCUT2D eigenvalue weighted by Gasteiger charge is -2.17. The molecule has 0 heterocycles. The third-order valence-corrected chi connectivity index (χ3v) is 4.70. The molecular weight excluding hydrogens is 336 g/mol. The van der Waals surface area contributed by atoms with Gasteiger partial charge in [-0.2, -0.15) is 0 Å². The van der Waals surface area contributed by atoms with E-state index in [1.807, 2.05) is 6.92 Å². The number of quaternary nitrogens is 1. The van der Waals surface area contributed by atoms with Crippen LogP contribution >= 0.6 is 0 Å². The topological polar surface area (TPSA) is 62.8 Å². The van der Waals surface area contributed by atoms with E-state index in [1.54, 1.807) is 24.3 Å². The summed E-state index contributed by atoms with van der Waals surface area (Å²) < 4.78 is 0. The molecule has 0 saturated carbocycles. The van der Waals surface area contributed by atoms with E-state index in [2.05, 4.69) is 55.7 Å². The maximum atomic E-state index is 12.5. The molecule has 1 amide bonds. The van der Waals surface area contributed by atoms with Crippen molar-refractivity contribution in [3.05, 3.63) is 65.2 Å². The van der Waals surface area contributed by atoms with Gasteiger partial charge < -0.3 is 10.6 Å². The number of anilines is 1. The first kappa shape index (κ1) is 20.8. The number of nitrogens with two attached hydrogens (primary N) is 1. The summed E-state index contributed by atoms with van der Waals surface area (Å²) in [6.07, 6.45) is 1.08. The summed E-state index contributed by atoms with van der Waals surface area (Å²) in [6.45, 7) is 9.99. The van der Waals surface area contributed by atoms with Crippen molar-refractivity contribution in [3.63, 3.8) is 0 Å². The van der Waals surface area contributed by atoms with Crippen LogP contribution in [0.25, 0.3) is 0 Å². The second-order valence-corrected chi connectivity index (χ2v) is 7.73. The fraction of sp³-hybridized carbons (Fsp3) is 0.391. The molecule has 4 heteroatoms. The minimum atomic E-state index is -0.220. The Bertz CT molecular complexity index is 764. The van der Waals surface area contributed by atoms with Crippen LogP contribution in [0.2, 0.25) is 0 Å². The molecule has 0 aliphatic carbocycles. The lowest BCUT2D eigenvalue weighted by atomic mass is 9.99. The van der Waals surface area contributed by atoms with Crippen molar-refractivity contribution >= 4 is 17.4 Å². The summed E-state index contributed by atoms with van der Waals surface area (Å²) >= 11 is 0. The smallest absolute Gasteiger partial charge is 0.282 e. The Balaban J connectivity index is 1.91. The molecule has 0 fully saturated rings. The molecule has 3 N–H and O–H groups in total.